The quantitative estimate of drug-likeness (QED) is 0.575. The van der Waals surface area contributed by atoms with Crippen molar-refractivity contribution in [2.45, 2.75) is 18.1 Å². The number of hydrogen-bond donors (Lipinski definition) is 0. The lowest BCUT2D eigenvalue weighted by Crippen LogP contribution is -2.20. The number of nitrogens with zero attached hydrogens (tertiary/aromatic N) is 1. The highest BCUT2D eigenvalue weighted by molar-refractivity contribution is 9.08. The summed E-state index contributed by atoms with van der Waals surface area (Å²) in [5.74, 6) is 0. The average molecular weight is 399 g/mol. The van der Waals surface area contributed by atoms with Gasteiger partial charge in [0, 0.05) is 22.9 Å². The zero-order chi connectivity index (χ0) is 15.6. The fourth-order valence-electron chi connectivity index (χ4n) is 1.98. The number of halogens is 5. The normalized spacial score (nSPS) is 11.7. The molecule has 0 radical (unpaired) electrons. The van der Waals surface area contributed by atoms with E-state index in [-0.39, 0.29) is 5.69 Å². The van der Waals surface area contributed by atoms with Gasteiger partial charge in [0.15, 0.2) is 0 Å². The molecule has 1 heterocycles. The highest BCUT2D eigenvalue weighted by atomic mass is 79.9. The van der Waals surface area contributed by atoms with Crippen molar-refractivity contribution >= 4 is 44.6 Å². The first-order valence-corrected chi connectivity index (χ1v) is 8.34. The van der Waals surface area contributed by atoms with Gasteiger partial charge in [-0.15, -0.1) is 11.3 Å². The second-order valence-electron chi connectivity index (χ2n) is 4.54. The van der Waals surface area contributed by atoms with Gasteiger partial charge < -0.3 is 4.90 Å². The minimum Gasteiger partial charge on any atom is -0.369 e. The average Bonchev–Trinajstić information content (AvgIpc) is 2.82. The Balaban J connectivity index is 2.33. The van der Waals surface area contributed by atoms with Crippen molar-refractivity contribution in [3.63, 3.8) is 0 Å². The van der Waals surface area contributed by atoms with Gasteiger partial charge >= 0.3 is 6.18 Å². The Hall–Kier alpha value is -0.720. The lowest BCUT2D eigenvalue weighted by molar-refractivity contribution is -0.137. The molecule has 0 unspecified atom stereocenters. The largest absolute Gasteiger partial charge is 0.418 e. The van der Waals surface area contributed by atoms with E-state index in [2.05, 4.69) is 15.9 Å². The van der Waals surface area contributed by atoms with E-state index in [0.29, 0.717) is 21.8 Å². The van der Waals surface area contributed by atoms with Crippen LogP contribution >= 0.6 is 38.9 Å². The van der Waals surface area contributed by atoms with Gasteiger partial charge in [0.2, 0.25) is 0 Å². The smallest absolute Gasteiger partial charge is 0.369 e. The first-order chi connectivity index (χ1) is 9.81. The number of hydrogen-bond acceptors (Lipinski definition) is 2. The van der Waals surface area contributed by atoms with Crippen molar-refractivity contribution in [3.8, 4) is 0 Å². The molecule has 1 nitrogen and oxygen atoms in total. The molecule has 1 aromatic carbocycles. The third-order valence-corrected chi connectivity index (χ3v) is 4.82. The molecule has 7 heteroatoms. The van der Waals surface area contributed by atoms with E-state index in [0.717, 1.165) is 4.88 Å². The number of thiophene rings is 1. The summed E-state index contributed by atoms with van der Waals surface area (Å²) in [6.07, 6.45) is -4.38. The van der Waals surface area contributed by atoms with Crippen LogP contribution in [0.2, 0.25) is 4.34 Å². The molecule has 0 atom stereocenters. The minimum absolute atomic E-state index is 0.164. The molecular weight excluding hydrogens is 387 g/mol. The van der Waals surface area contributed by atoms with Crippen LogP contribution in [0.3, 0.4) is 0 Å². The monoisotopic (exact) mass is 397 g/mol. The van der Waals surface area contributed by atoms with E-state index in [4.69, 9.17) is 11.6 Å². The SMILES string of the molecule is CN(Cc1ccc(Cl)s1)c1ccc(CBr)cc1C(F)(F)F. The maximum atomic E-state index is 13.2. The van der Waals surface area contributed by atoms with Crippen LogP contribution < -0.4 is 4.90 Å². The molecule has 0 amide bonds. The molecule has 114 valence electrons. The Bertz CT molecular complexity index is 627. The first-order valence-electron chi connectivity index (χ1n) is 6.02. The van der Waals surface area contributed by atoms with Gasteiger partial charge in [0.1, 0.15) is 0 Å². The van der Waals surface area contributed by atoms with Gasteiger partial charge in [-0.2, -0.15) is 13.2 Å². The van der Waals surface area contributed by atoms with Gasteiger partial charge in [0.05, 0.1) is 16.4 Å². The molecule has 0 saturated heterocycles. The van der Waals surface area contributed by atoms with Crippen LogP contribution in [0.15, 0.2) is 30.3 Å². The molecule has 0 aliphatic carbocycles. The molecule has 0 aliphatic rings. The van der Waals surface area contributed by atoms with Gasteiger partial charge in [-0.25, -0.2) is 0 Å². The van der Waals surface area contributed by atoms with Gasteiger partial charge in [-0.05, 0) is 29.8 Å². The van der Waals surface area contributed by atoms with Crippen LogP contribution in [0, 0.1) is 0 Å². The number of alkyl halides is 4. The van der Waals surface area contributed by atoms with Crippen molar-refractivity contribution in [3.05, 3.63) is 50.7 Å². The second-order valence-corrected chi connectivity index (χ2v) is 6.91. The van der Waals surface area contributed by atoms with Gasteiger partial charge in [0.25, 0.3) is 0 Å². The van der Waals surface area contributed by atoms with Crippen molar-refractivity contribution in [2.24, 2.45) is 0 Å². The van der Waals surface area contributed by atoms with E-state index in [1.54, 1.807) is 24.1 Å². The number of benzene rings is 1. The Morgan fingerprint density at radius 2 is 1.95 bits per heavy atom. The zero-order valence-electron chi connectivity index (χ0n) is 11.0. The molecule has 0 spiro atoms. The summed E-state index contributed by atoms with van der Waals surface area (Å²) in [5, 5.41) is 0.389. The highest BCUT2D eigenvalue weighted by Crippen LogP contribution is 2.38. The molecule has 0 bridgehead atoms. The standard InChI is InChI=1S/C14H12BrClF3NS/c1-20(8-10-3-5-13(16)21-10)12-4-2-9(7-15)6-11(12)14(17,18)19/h2-6H,7-8H2,1H3. The molecule has 0 fully saturated rings. The lowest BCUT2D eigenvalue weighted by Gasteiger charge is -2.23. The summed E-state index contributed by atoms with van der Waals surface area (Å²) in [6.45, 7) is 0.383. The number of rotatable bonds is 4. The minimum atomic E-state index is -4.38. The molecule has 0 aliphatic heterocycles. The van der Waals surface area contributed by atoms with Gasteiger partial charge in [-0.1, -0.05) is 33.6 Å². The van der Waals surface area contributed by atoms with Gasteiger partial charge in [-0.3, -0.25) is 0 Å². The van der Waals surface area contributed by atoms with E-state index >= 15 is 0 Å². The maximum absolute atomic E-state index is 13.2. The fourth-order valence-corrected chi connectivity index (χ4v) is 3.47. The Labute approximate surface area is 138 Å². The maximum Gasteiger partial charge on any atom is 0.418 e. The fraction of sp³-hybridized carbons (Fsp3) is 0.286. The summed E-state index contributed by atoms with van der Waals surface area (Å²) >= 11 is 10.4. The topological polar surface area (TPSA) is 3.24 Å². The predicted octanol–water partition coefficient (Wildman–Crippen LogP) is 5.95. The number of anilines is 1. The van der Waals surface area contributed by atoms with Crippen LogP contribution in [0.1, 0.15) is 16.0 Å². The molecule has 0 saturated carbocycles. The van der Waals surface area contributed by atoms with Crippen molar-refractivity contribution in [2.75, 3.05) is 11.9 Å². The molecule has 2 rings (SSSR count). The van der Waals surface area contributed by atoms with Crippen LogP contribution in [0.5, 0.6) is 0 Å². The summed E-state index contributed by atoms with van der Waals surface area (Å²) in [4.78, 5) is 2.50. The van der Waals surface area contributed by atoms with Crippen LogP contribution in [0.25, 0.3) is 0 Å². The van der Waals surface area contributed by atoms with Crippen molar-refractivity contribution < 1.29 is 13.2 Å². The molecular formula is C14H12BrClF3NS. The summed E-state index contributed by atoms with van der Waals surface area (Å²) in [7, 11) is 1.64. The molecule has 2 aromatic rings. The molecule has 0 N–H and O–H groups in total. The molecule has 21 heavy (non-hydrogen) atoms. The van der Waals surface area contributed by atoms with Crippen molar-refractivity contribution in [1.82, 2.24) is 0 Å². The Kier molecular flexibility index (Phi) is 5.22. The second kappa shape index (κ2) is 6.58. The summed E-state index contributed by atoms with van der Waals surface area (Å²) in [5.41, 5.74) is 0.139. The Morgan fingerprint density at radius 3 is 2.48 bits per heavy atom. The third kappa shape index (κ3) is 4.14. The van der Waals surface area contributed by atoms with Crippen LogP contribution in [0.4, 0.5) is 18.9 Å². The first kappa shape index (κ1) is 16.6. The predicted molar refractivity (Wildman–Crippen MR) is 85.5 cm³/mol. The highest BCUT2D eigenvalue weighted by Gasteiger charge is 2.34. The van der Waals surface area contributed by atoms with Crippen LogP contribution in [-0.4, -0.2) is 7.05 Å². The van der Waals surface area contributed by atoms with Crippen molar-refractivity contribution in [1.29, 1.82) is 0 Å². The third-order valence-electron chi connectivity index (χ3n) is 2.95. The Morgan fingerprint density at radius 1 is 1.24 bits per heavy atom. The zero-order valence-corrected chi connectivity index (χ0v) is 14.2. The van der Waals surface area contributed by atoms with E-state index in [9.17, 15) is 13.2 Å². The summed E-state index contributed by atoms with van der Waals surface area (Å²) in [6, 6.07) is 7.95. The van der Waals surface area contributed by atoms with E-state index in [1.165, 1.54) is 23.5 Å². The van der Waals surface area contributed by atoms with Crippen LogP contribution in [-0.2, 0) is 18.1 Å². The molecule has 1 aromatic heterocycles. The van der Waals surface area contributed by atoms with E-state index < -0.39 is 11.7 Å². The summed E-state index contributed by atoms with van der Waals surface area (Å²) < 4.78 is 40.3. The lowest BCUT2D eigenvalue weighted by atomic mass is 10.1. The van der Waals surface area contributed by atoms with E-state index in [1.807, 2.05) is 6.07 Å².